The fourth-order valence-electron chi connectivity index (χ4n) is 3.52. The van der Waals surface area contributed by atoms with Gasteiger partial charge < -0.3 is 14.6 Å². The van der Waals surface area contributed by atoms with Crippen molar-refractivity contribution in [2.75, 3.05) is 25.3 Å². The number of carbonyl (C=O) groups is 2. The molecule has 0 saturated carbocycles. The van der Waals surface area contributed by atoms with Crippen molar-refractivity contribution in [1.29, 1.82) is 0 Å². The van der Waals surface area contributed by atoms with E-state index in [0.29, 0.717) is 5.39 Å². The smallest absolute Gasteiger partial charge is 0.475 e. The van der Waals surface area contributed by atoms with Gasteiger partial charge in [0.25, 0.3) is 11.5 Å². The van der Waals surface area contributed by atoms with Crippen molar-refractivity contribution in [3.63, 3.8) is 0 Å². The van der Waals surface area contributed by atoms with Gasteiger partial charge in [0.1, 0.15) is 0 Å². The van der Waals surface area contributed by atoms with Crippen LogP contribution in [0.15, 0.2) is 59.5 Å². The van der Waals surface area contributed by atoms with Gasteiger partial charge in [-0.3, -0.25) is 14.8 Å². The van der Waals surface area contributed by atoms with Crippen LogP contribution in [0.3, 0.4) is 0 Å². The Balaban J connectivity index is 0.000000673. The van der Waals surface area contributed by atoms with Crippen LogP contribution in [0.5, 0.6) is 0 Å². The molecule has 3 N–H and O–H groups in total. The van der Waals surface area contributed by atoms with E-state index in [2.05, 4.69) is 0 Å². The molecule has 1 heterocycles. The Kier molecular flexibility index (Phi) is 9.52. The summed E-state index contributed by atoms with van der Waals surface area (Å²) in [5.74, 6) is -3.79. The molecule has 2 aromatic carbocycles. The van der Waals surface area contributed by atoms with Gasteiger partial charge in [-0.1, -0.05) is 18.2 Å². The van der Waals surface area contributed by atoms with Crippen molar-refractivity contribution in [2.45, 2.75) is 30.8 Å². The van der Waals surface area contributed by atoms with Gasteiger partial charge in [0.05, 0.1) is 0 Å². The third-order valence-corrected chi connectivity index (χ3v) is 8.19. The minimum atomic E-state index is -5.08. The molecule has 39 heavy (non-hydrogen) atoms. The topological polar surface area (TPSA) is 146 Å². The van der Waals surface area contributed by atoms with Gasteiger partial charge in [0.2, 0.25) is 0 Å². The maximum absolute atomic E-state index is 13.0. The van der Waals surface area contributed by atoms with Crippen molar-refractivity contribution < 1.29 is 41.5 Å². The highest BCUT2D eigenvalue weighted by Crippen LogP contribution is 2.26. The average molecular weight is 572 g/mol. The number of amides is 1. The zero-order valence-corrected chi connectivity index (χ0v) is 22.3. The number of carboxylic acids is 1. The second-order valence-corrected chi connectivity index (χ2v) is 11.5. The van der Waals surface area contributed by atoms with Gasteiger partial charge in [-0.2, -0.15) is 13.2 Å². The fourth-order valence-corrected chi connectivity index (χ4v) is 4.36. The van der Waals surface area contributed by atoms with E-state index in [4.69, 9.17) is 15.1 Å². The zero-order valence-electron chi connectivity index (χ0n) is 21.5. The van der Waals surface area contributed by atoms with Gasteiger partial charge >= 0.3 is 12.1 Å². The van der Waals surface area contributed by atoms with Gasteiger partial charge in [-0.05, 0) is 60.2 Å². The van der Waals surface area contributed by atoms with Crippen LogP contribution in [-0.4, -0.2) is 66.4 Å². The highest BCUT2D eigenvalue weighted by Gasteiger charge is 2.43. The number of nitrogens with zero attached hydrogens (tertiary/aromatic N) is 2. The number of alkyl halides is 3. The van der Waals surface area contributed by atoms with Crippen molar-refractivity contribution in [3.05, 3.63) is 65.1 Å². The number of carboxylic acid groups (broad SMARTS) is 1. The molecule has 14 heteroatoms. The van der Waals surface area contributed by atoms with Crippen LogP contribution in [0.4, 0.5) is 18.9 Å². The molecule has 0 aliphatic carbocycles. The number of hydrogen-bond acceptors (Lipinski definition) is 7. The lowest BCUT2D eigenvalue weighted by Crippen LogP contribution is -2.49. The summed E-state index contributed by atoms with van der Waals surface area (Å²) in [4.78, 5) is 35.9. The number of anilines is 1. The first kappa shape index (κ1) is 31.3. The van der Waals surface area contributed by atoms with Crippen LogP contribution in [0.1, 0.15) is 13.3 Å². The molecule has 0 bridgehead atoms. The van der Waals surface area contributed by atoms with Gasteiger partial charge in [-0.25, -0.2) is 18.7 Å². The highest BCUT2D eigenvalue weighted by atomic mass is 32.2. The number of aromatic nitrogens is 1. The van der Waals surface area contributed by atoms with Gasteiger partial charge in [0.15, 0.2) is 14.6 Å². The van der Waals surface area contributed by atoms with E-state index in [0.717, 1.165) is 28.5 Å². The number of benzene rings is 2. The van der Waals surface area contributed by atoms with Crippen LogP contribution in [0.2, 0.25) is 0 Å². The number of halogens is 3. The number of hydrogen-bond donors (Lipinski definition) is 3. The Labute approximate surface area is 222 Å². The first-order valence-corrected chi connectivity index (χ1v) is 13.2. The minimum absolute atomic E-state index is 0.000484. The molecule has 0 aliphatic heterocycles. The number of aliphatic carboxylic acids is 1. The van der Waals surface area contributed by atoms with Crippen molar-refractivity contribution in [2.24, 2.45) is 0 Å². The normalized spacial score (nSPS) is 13.1. The third kappa shape index (κ3) is 7.35. The Morgan fingerprint density at radius 3 is 2.03 bits per heavy atom. The molecule has 0 fully saturated rings. The number of carbonyl (C=O) groups excluding carboxylic acids is 1. The minimum Gasteiger partial charge on any atom is -0.475 e. The van der Waals surface area contributed by atoms with Gasteiger partial charge in [0, 0.05) is 44.2 Å². The zero-order chi connectivity index (χ0) is 29.8. The Morgan fingerprint density at radius 2 is 1.56 bits per heavy atom. The summed E-state index contributed by atoms with van der Waals surface area (Å²) in [6, 6.07) is 15.4. The molecular weight excluding hydrogens is 543 g/mol. The van der Waals surface area contributed by atoms with Crippen LogP contribution < -0.4 is 15.9 Å². The summed E-state index contributed by atoms with van der Waals surface area (Å²) in [5, 5.41) is 17.3. The molecule has 3 rings (SSSR count). The number of aryl methyl sites for hydroxylation is 1. The Bertz CT molecular complexity index is 1520. The van der Waals surface area contributed by atoms with E-state index in [-0.39, 0.29) is 18.5 Å². The fraction of sp³-hybridized carbons (Fsp3) is 0.320. The number of sulfone groups is 1. The molecule has 1 atom stereocenters. The van der Waals surface area contributed by atoms with Crippen molar-refractivity contribution in [3.8, 4) is 11.1 Å². The molecular formula is C25H28F3N3O7S. The van der Waals surface area contributed by atoms with E-state index in [1.165, 1.54) is 17.0 Å². The van der Waals surface area contributed by atoms with E-state index in [9.17, 15) is 31.2 Å². The second kappa shape index (κ2) is 11.9. The summed E-state index contributed by atoms with van der Waals surface area (Å²) in [5.41, 5.74) is 4.23. The van der Waals surface area contributed by atoms with Gasteiger partial charge in [-0.15, -0.1) is 0 Å². The van der Waals surface area contributed by atoms with E-state index in [1.807, 2.05) is 55.4 Å². The van der Waals surface area contributed by atoms with Crippen molar-refractivity contribution >= 4 is 38.2 Å². The van der Waals surface area contributed by atoms with Crippen molar-refractivity contribution in [1.82, 2.24) is 10.0 Å². The third-order valence-electron chi connectivity index (χ3n) is 6.17. The van der Waals surface area contributed by atoms with E-state index < -0.39 is 32.6 Å². The number of rotatable bonds is 7. The number of pyridine rings is 1. The summed E-state index contributed by atoms with van der Waals surface area (Å²) in [6.07, 6.45) is -2.74. The lowest BCUT2D eigenvalue weighted by molar-refractivity contribution is -0.192. The van der Waals surface area contributed by atoms with E-state index in [1.54, 1.807) is 18.3 Å². The van der Waals surface area contributed by atoms with Crippen LogP contribution in [0, 0.1) is 0 Å². The predicted octanol–water partition coefficient (Wildman–Crippen LogP) is 3.07. The SMILES string of the molecule is CN(C)c1ccc(-c2ccc3c(=O)n(CC[C@](C)(C(=O)NO)S(C)(=O)=O)ccc3c2)cc1.O=C(O)C(F)(F)F. The average Bonchev–Trinajstić information content (AvgIpc) is 2.86. The first-order valence-electron chi connectivity index (χ1n) is 11.3. The first-order chi connectivity index (χ1) is 17.9. The summed E-state index contributed by atoms with van der Waals surface area (Å²) in [6.45, 7) is 1.23. The number of hydroxylamine groups is 1. The summed E-state index contributed by atoms with van der Waals surface area (Å²) >= 11 is 0. The predicted molar refractivity (Wildman–Crippen MR) is 139 cm³/mol. The number of nitrogens with one attached hydrogen (secondary N) is 1. The Morgan fingerprint density at radius 1 is 1.03 bits per heavy atom. The lowest BCUT2D eigenvalue weighted by atomic mass is 10.0. The molecule has 0 unspecified atom stereocenters. The molecule has 3 aromatic rings. The molecule has 1 amide bonds. The lowest BCUT2D eigenvalue weighted by Gasteiger charge is -2.25. The standard InChI is InChI=1S/C23H27N3O5S.C2HF3O2/c1-23(22(28)24-29,32(4,30)31)12-14-26-13-11-18-15-17(7-10-20(18)21(26)27)16-5-8-19(9-6-16)25(2)3;3-2(4,5)1(6)7/h5-11,13,15,29H,12,14H2,1-4H3,(H,24,28);(H,6,7)/t23-;/m1./s1. The number of fused-ring (bicyclic) bond motifs is 1. The maximum atomic E-state index is 13.0. The molecule has 0 spiro atoms. The summed E-state index contributed by atoms with van der Waals surface area (Å²) < 4.78 is 55.5. The maximum Gasteiger partial charge on any atom is 0.490 e. The van der Waals surface area contributed by atoms with Crippen LogP contribution in [-0.2, 0) is 26.0 Å². The van der Waals surface area contributed by atoms with Crippen LogP contribution in [0.25, 0.3) is 21.9 Å². The molecule has 10 nitrogen and oxygen atoms in total. The highest BCUT2D eigenvalue weighted by molar-refractivity contribution is 7.92. The second-order valence-electron chi connectivity index (χ2n) is 9.05. The summed E-state index contributed by atoms with van der Waals surface area (Å²) in [7, 11) is 0.117. The quantitative estimate of drug-likeness (QED) is 0.290. The molecule has 0 aliphatic rings. The molecule has 212 valence electrons. The monoisotopic (exact) mass is 571 g/mol. The van der Waals surface area contributed by atoms with E-state index >= 15 is 0 Å². The molecule has 0 saturated heterocycles. The Hall–Kier alpha value is -3.91. The largest absolute Gasteiger partial charge is 0.490 e. The van der Waals surface area contributed by atoms with Crippen LogP contribution >= 0.6 is 0 Å². The molecule has 0 radical (unpaired) electrons. The molecule has 1 aromatic heterocycles.